The van der Waals surface area contributed by atoms with Crippen LogP contribution in [0, 0.1) is 53.3 Å². The molecule has 9 nitrogen and oxygen atoms in total. The summed E-state index contributed by atoms with van der Waals surface area (Å²) in [5.41, 5.74) is -5.60. The zero-order chi connectivity index (χ0) is 29.9. The van der Waals surface area contributed by atoms with Crippen molar-refractivity contribution in [2.24, 2.45) is 53.3 Å². The van der Waals surface area contributed by atoms with Crippen LogP contribution in [0.2, 0.25) is 0 Å². The molecule has 10 atom stereocenters. The van der Waals surface area contributed by atoms with E-state index in [-0.39, 0.29) is 18.8 Å². The molecule has 5 saturated carbocycles. The smallest absolute Gasteiger partial charge is 0.438 e. The summed E-state index contributed by atoms with van der Waals surface area (Å²) in [5.74, 6) is -13.5. The van der Waals surface area contributed by atoms with Crippen molar-refractivity contribution in [2.75, 3.05) is 5.75 Å². The van der Waals surface area contributed by atoms with Gasteiger partial charge in [-0.05, 0) is 68.1 Å². The number of carbonyl (C=O) groups is 3. The molecular formula is C25H28F6O9S. The van der Waals surface area contributed by atoms with E-state index in [1.807, 2.05) is 0 Å². The van der Waals surface area contributed by atoms with Gasteiger partial charge in [-0.1, -0.05) is 6.42 Å². The van der Waals surface area contributed by atoms with Crippen molar-refractivity contribution in [3.05, 3.63) is 0 Å². The van der Waals surface area contributed by atoms with Gasteiger partial charge in [0.2, 0.25) is 0 Å². The van der Waals surface area contributed by atoms with Crippen LogP contribution in [0.3, 0.4) is 0 Å². The Labute approximate surface area is 230 Å². The lowest BCUT2D eigenvalue weighted by molar-refractivity contribution is -0.364. The molecule has 7 fully saturated rings. The first-order valence-electron chi connectivity index (χ1n) is 13.6. The summed E-state index contributed by atoms with van der Waals surface area (Å²) in [6.07, 6.45) is -7.75. The van der Waals surface area contributed by atoms with Gasteiger partial charge in [-0.15, -0.1) is 0 Å². The molecule has 7 rings (SSSR count). The fourth-order valence-corrected chi connectivity index (χ4v) is 9.99. The Bertz CT molecular complexity index is 1240. The zero-order valence-electron chi connectivity index (χ0n) is 21.4. The molecule has 41 heavy (non-hydrogen) atoms. The number of carbonyl (C=O) groups excluding carboxylic acids is 3. The Balaban J connectivity index is 1.27. The van der Waals surface area contributed by atoms with Crippen molar-refractivity contribution in [1.82, 2.24) is 0 Å². The first kappa shape index (κ1) is 29.0. The van der Waals surface area contributed by atoms with Crippen LogP contribution in [0.4, 0.5) is 26.3 Å². The Morgan fingerprint density at radius 3 is 2.22 bits per heavy atom. The highest BCUT2D eigenvalue weighted by Gasteiger charge is 2.78. The molecule has 0 spiro atoms. The van der Waals surface area contributed by atoms with Gasteiger partial charge >= 0.3 is 35.9 Å². The molecule has 2 heterocycles. The Morgan fingerprint density at radius 2 is 1.59 bits per heavy atom. The third kappa shape index (κ3) is 4.44. The molecule has 10 unspecified atom stereocenters. The number of halogens is 6. The molecule has 0 aromatic carbocycles. The second kappa shape index (κ2) is 8.96. The largest absolute Gasteiger partial charge is 0.438 e. The Kier molecular flexibility index (Phi) is 6.33. The Hall–Kier alpha value is -2.10. The third-order valence-corrected chi connectivity index (χ3v) is 11.3. The minimum Gasteiger partial charge on any atom is -0.438 e. The molecule has 0 aromatic rings. The standard InChI is InChI=1S/C25H28F6O9S/c26-24(27,28)23(25(29,30)31,9-41(35,36)37)40-21(34)18-16-7-13-8-22(16,39-20(33)17(13)18)38-19(32)15-6-11-3-10-1-2-14(15)12(4-10)5-11/h10-18H,1-9H2,(H,35,36,37). The fourth-order valence-electron chi connectivity index (χ4n) is 9.09. The van der Waals surface area contributed by atoms with E-state index in [9.17, 15) is 49.1 Å². The molecule has 5 aliphatic carbocycles. The maximum Gasteiger partial charge on any atom is 0.438 e. The van der Waals surface area contributed by atoms with Crippen LogP contribution in [0.15, 0.2) is 0 Å². The number of hydrogen-bond donors (Lipinski definition) is 1. The van der Waals surface area contributed by atoms with E-state index in [0.717, 1.165) is 32.1 Å². The summed E-state index contributed by atoms with van der Waals surface area (Å²) in [4.78, 5) is 39.5. The average Bonchev–Trinajstić information content (AvgIpc) is 3.32. The third-order valence-electron chi connectivity index (χ3n) is 10.5. The van der Waals surface area contributed by atoms with E-state index < -0.39 is 87.1 Å². The summed E-state index contributed by atoms with van der Waals surface area (Å²) in [6, 6.07) is 0. The van der Waals surface area contributed by atoms with E-state index in [2.05, 4.69) is 4.74 Å². The minimum absolute atomic E-state index is 0.0534. The highest BCUT2D eigenvalue weighted by molar-refractivity contribution is 7.85. The molecule has 16 heteroatoms. The van der Waals surface area contributed by atoms with Crippen LogP contribution in [-0.4, -0.2) is 60.4 Å². The number of fused-ring (bicyclic) bond motifs is 3. The number of hydrogen-bond acceptors (Lipinski definition) is 8. The highest BCUT2D eigenvalue weighted by Crippen LogP contribution is 2.65. The highest BCUT2D eigenvalue weighted by atomic mass is 32.2. The number of esters is 3. The van der Waals surface area contributed by atoms with Crippen molar-refractivity contribution < 1.29 is 67.9 Å². The fraction of sp³-hybridized carbons (Fsp3) is 0.880. The van der Waals surface area contributed by atoms with E-state index >= 15 is 0 Å². The number of alkyl halides is 6. The maximum atomic E-state index is 13.8. The van der Waals surface area contributed by atoms with Crippen LogP contribution in [0.1, 0.15) is 51.4 Å². The second-order valence-electron chi connectivity index (χ2n) is 12.8. The number of ether oxygens (including phenoxy) is 3. The van der Waals surface area contributed by atoms with Gasteiger partial charge in [0.1, 0.15) is 5.75 Å². The second-order valence-corrected chi connectivity index (χ2v) is 14.2. The summed E-state index contributed by atoms with van der Waals surface area (Å²) in [6.45, 7) is 0. The summed E-state index contributed by atoms with van der Waals surface area (Å²) in [7, 11) is -5.98. The normalized spacial score (nSPS) is 41.3. The van der Waals surface area contributed by atoms with E-state index in [4.69, 9.17) is 14.0 Å². The van der Waals surface area contributed by atoms with Crippen LogP contribution in [-0.2, 0) is 38.7 Å². The van der Waals surface area contributed by atoms with E-state index in [1.165, 1.54) is 0 Å². The predicted molar refractivity (Wildman–Crippen MR) is 121 cm³/mol. The monoisotopic (exact) mass is 618 g/mol. The van der Waals surface area contributed by atoms with Crippen molar-refractivity contribution in [2.45, 2.75) is 75.1 Å². The maximum absolute atomic E-state index is 13.8. The molecule has 0 aromatic heterocycles. The Morgan fingerprint density at radius 1 is 0.927 bits per heavy atom. The van der Waals surface area contributed by atoms with Gasteiger partial charge in [-0.3, -0.25) is 18.9 Å². The van der Waals surface area contributed by atoms with Gasteiger partial charge < -0.3 is 14.2 Å². The topological polar surface area (TPSA) is 133 Å². The first-order chi connectivity index (χ1) is 18.8. The molecule has 7 aliphatic rings. The molecule has 0 radical (unpaired) electrons. The van der Waals surface area contributed by atoms with Crippen molar-refractivity contribution >= 4 is 28.0 Å². The van der Waals surface area contributed by atoms with Crippen molar-refractivity contribution in [3.8, 4) is 0 Å². The zero-order valence-corrected chi connectivity index (χ0v) is 22.3. The predicted octanol–water partition coefficient (Wildman–Crippen LogP) is 3.81. The SMILES string of the molecule is O=C(OC12CC3CC1C(C(=O)OC(CS(=O)(=O)O)(C(F)(F)F)C(F)(F)F)C3C(=O)O2)C1CC2CC3CCC1C(C3)C2. The lowest BCUT2D eigenvalue weighted by Crippen LogP contribution is -2.65. The molecular weight excluding hydrogens is 590 g/mol. The average molecular weight is 619 g/mol. The van der Waals surface area contributed by atoms with Gasteiger partial charge in [0, 0.05) is 6.42 Å². The lowest BCUT2D eigenvalue weighted by Gasteiger charge is -2.52. The van der Waals surface area contributed by atoms with Crippen LogP contribution in [0.25, 0.3) is 0 Å². The van der Waals surface area contributed by atoms with Crippen molar-refractivity contribution in [1.29, 1.82) is 0 Å². The molecule has 2 saturated heterocycles. The van der Waals surface area contributed by atoms with Crippen molar-refractivity contribution in [3.63, 3.8) is 0 Å². The molecule has 7 bridgehead atoms. The van der Waals surface area contributed by atoms with Gasteiger partial charge in [0.25, 0.3) is 15.9 Å². The van der Waals surface area contributed by atoms with Crippen LogP contribution >= 0.6 is 0 Å². The lowest BCUT2D eigenvalue weighted by atomic mass is 9.54. The quantitative estimate of drug-likeness (QED) is 0.268. The molecule has 2 aliphatic heterocycles. The van der Waals surface area contributed by atoms with E-state index in [1.54, 1.807) is 0 Å². The van der Waals surface area contributed by atoms with Gasteiger partial charge in [-0.2, -0.15) is 34.8 Å². The van der Waals surface area contributed by atoms with Gasteiger partial charge in [0.15, 0.2) is 0 Å². The van der Waals surface area contributed by atoms with Gasteiger partial charge in [0.05, 0.1) is 23.7 Å². The minimum atomic E-state index is -6.50. The van der Waals surface area contributed by atoms with Gasteiger partial charge in [-0.25, -0.2) is 0 Å². The summed E-state index contributed by atoms with van der Waals surface area (Å²) >= 11 is 0. The van der Waals surface area contributed by atoms with Crippen LogP contribution in [0.5, 0.6) is 0 Å². The first-order valence-corrected chi connectivity index (χ1v) is 15.2. The van der Waals surface area contributed by atoms with E-state index in [0.29, 0.717) is 24.2 Å². The number of rotatable bonds is 6. The summed E-state index contributed by atoms with van der Waals surface area (Å²) in [5, 5.41) is 0. The molecule has 230 valence electrons. The molecule has 1 N–H and O–H groups in total. The summed E-state index contributed by atoms with van der Waals surface area (Å²) < 4.78 is 129. The molecule has 0 amide bonds. The van der Waals surface area contributed by atoms with Crippen LogP contribution < -0.4 is 0 Å².